The first kappa shape index (κ1) is 15.6. The van der Waals surface area contributed by atoms with Crippen LogP contribution in [0.4, 0.5) is 0 Å². The van der Waals surface area contributed by atoms with Gasteiger partial charge in [0.2, 0.25) is 0 Å². The normalized spacial score (nSPS) is 10.7. The van der Waals surface area contributed by atoms with Crippen LogP contribution in [0.1, 0.15) is 55.2 Å². The number of ether oxygens (including phenoxy) is 1. The number of unbranched alkanes of at least 4 members (excludes halogenated alkanes) is 4. The Balaban J connectivity index is 2.61. The first-order chi connectivity index (χ1) is 9.24. The number of hydrogen-bond acceptors (Lipinski definition) is 5. The van der Waals surface area contributed by atoms with Gasteiger partial charge in [-0.05, 0) is 13.0 Å². The molecule has 0 radical (unpaired) electrons. The summed E-state index contributed by atoms with van der Waals surface area (Å²) in [5, 5.41) is 7.94. The van der Waals surface area contributed by atoms with E-state index in [9.17, 15) is 4.79 Å². The fourth-order valence-corrected chi connectivity index (χ4v) is 2.02. The first-order valence-corrected chi connectivity index (χ1v) is 6.95. The van der Waals surface area contributed by atoms with Crippen molar-refractivity contribution in [2.45, 2.75) is 52.0 Å². The number of hydrogen-bond donors (Lipinski definition) is 1. The number of carbonyl (C=O) groups excluding carboxylic acids is 1. The largest absolute Gasteiger partial charge is 0.464 e. The summed E-state index contributed by atoms with van der Waals surface area (Å²) < 4.78 is 6.48. The van der Waals surface area contributed by atoms with Crippen LogP contribution in [-0.2, 0) is 17.7 Å². The van der Waals surface area contributed by atoms with E-state index in [0.29, 0.717) is 18.7 Å². The number of nitrogens with two attached hydrogens (primary N) is 1. The SMILES string of the molecule is CCCCCCCn1nnc(C(=O)OC)c1CCN. The Hall–Kier alpha value is -1.43. The summed E-state index contributed by atoms with van der Waals surface area (Å²) >= 11 is 0. The molecule has 0 atom stereocenters. The number of aromatic nitrogens is 3. The van der Waals surface area contributed by atoms with Gasteiger partial charge in [-0.2, -0.15) is 0 Å². The van der Waals surface area contributed by atoms with E-state index in [1.807, 2.05) is 0 Å². The highest BCUT2D eigenvalue weighted by atomic mass is 16.5. The van der Waals surface area contributed by atoms with E-state index in [0.717, 1.165) is 18.7 Å². The molecule has 6 nitrogen and oxygen atoms in total. The van der Waals surface area contributed by atoms with Gasteiger partial charge < -0.3 is 10.5 Å². The van der Waals surface area contributed by atoms with Gasteiger partial charge in [-0.25, -0.2) is 9.48 Å². The van der Waals surface area contributed by atoms with Gasteiger partial charge in [0.25, 0.3) is 0 Å². The molecule has 19 heavy (non-hydrogen) atoms. The van der Waals surface area contributed by atoms with Crippen LogP contribution in [0.3, 0.4) is 0 Å². The molecular weight excluding hydrogens is 244 g/mol. The number of esters is 1. The number of aryl methyl sites for hydroxylation is 1. The van der Waals surface area contributed by atoms with E-state index in [4.69, 9.17) is 10.5 Å². The molecule has 108 valence electrons. The molecule has 1 rings (SSSR count). The van der Waals surface area contributed by atoms with Crippen LogP contribution in [0.25, 0.3) is 0 Å². The summed E-state index contributed by atoms with van der Waals surface area (Å²) in [5.41, 5.74) is 6.65. The number of carbonyl (C=O) groups is 1. The lowest BCUT2D eigenvalue weighted by molar-refractivity contribution is 0.0592. The minimum atomic E-state index is -0.444. The lowest BCUT2D eigenvalue weighted by Crippen LogP contribution is -2.14. The van der Waals surface area contributed by atoms with Crippen LogP contribution >= 0.6 is 0 Å². The Kier molecular flexibility index (Phi) is 7.10. The minimum absolute atomic E-state index is 0.293. The Morgan fingerprint density at radius 1 is 1.32 bits per heavy atom. The highest BCUT2D eigenvalue weighted by Crippen LogP contribution is 2.10. The highest BCUT2D eigenvalue weighted by Gasteiger charge is 2.19. The molecule has 0 bridgehead atoms. The van der Waals surface area contributed by atoms with Gasteiger partial charge in [0.15, 0.2) is 5.69 Å². The van der Waals surface area contributed by atoms with Crippen LogP contribution in [0, 0.1) is 0 Å². The molecule has 0 aromatic carbocycles. The molecule has 0 amide bonds. The van der Waals surface area contributed by atoms with Crippen LogP contribution < -0.4 is 5.73 Å². The minimum Gasteiger partial charge on any atom is -0.464 e. The quantitative estimate of drug-likeness (QED) is 0.542. The summed E-state index contributed by atoms with van der Waals surface area (Å²) in [6.45, 7) is 3.44. The molecule has 0 aliphatic carbocycles. The number of methoxy groups -OCH3 is 1. The molecule has 0 unspecified atom stereocenters. The van der Waals surface area contributed by atoms with Gasteiger partial charge in [0, 0.05) is 13.0 Å². The Labute approximate surface area is 114 Å². The third-order valence-corrected chi connectivity index (χ3v) is 3.07. The molecule has 0 spiro atoms. The number of nitrogens with zero attached hydrogens (tertiary/aromatic N) is 3. The summed E-state index contributed by atoms with van der Waals surface area (Å²) in [6.07, 6.45) is 6.53. The van der Waals surface area contributed by atoms with Gasteiger partial charge in [0.05, 0.1) is 12.8 Å². The van der Waals surface area contributed by atoms with Crippen molar-refractivity contribution in [3.63, 3.8) is 0 Å². The fourth-order valence-electron chi connectivity index (χ4n) is 2.02. The molecule has 1 heterocycles. The van der Waals surface area contributed by atoms with E-state index in [2.05, 4.69) is 17.2 Å². The predicted octanol–water partition coefficient (Wildman–Crippen LogP) is 1.54. The Morgan fingerprint density at radius 3 is 2.68 bits per heavy atom. The molecule has 1 aromatic rings. The molecule has 0 aliphatic rings. The molecule has 1 aromatic heterocycles. The molecule has 0 aliphatic heterocycles. The zero-order chi connectivity index (χ0) is 14.1. The summed E-state index contributed by atoms with van der Waals surface area (Å²) in [5.74, 6) is -0.444. The summed E-state index contributed by atoms with van der Waals surface area (Å²) in [4.78, 5) is 11.6. The van der Waals surface area contributed by atoms with Gasteiger partial charge in [0.1, 0.15) is 0 Å². The van der Waals surface area contributed by atoms with Crippen molar-refractivity contribution < 1.29 is 9.53 Å². The zero-order valence-corrected chi connectivity index (χ0v) is 11.9. The smallest absolute Gasteiger partial charge is 0.360 e. The standard InChI is InChI=1S/C13H24N4O2/c1-3-4-5-6-7-10-17-11(8-9-14)12(15-16-17)13(18)19-2/h3-10,14H2,1-2H3. The summed E-state index contributed by atoms with van der Waals surface area (Å²) in [6, 6.07) is 0. The summed E-state index contributed by atoms with van der Waals surface area (Å²) in [7, 11) is 1.35. The van der Waals surface area contributed by atoms with E-state index >= 15 is 0 Å². The molecule has 2 N–H and O–H groups in total. The molecule has 6 heteroatoms. The van der Waals surface area contributed by atoms with Crippen molar-refractivity contribution in [1.82, 2.24) is 15.0 Å². The number of rotatable bonds is 9. The zero-order valence-electron chi connectivity index (χ0n) is 11.9. The lowest BCUT2D eigenvalue weighted by Gasteiger charge is -2.06. The first-order valence-electron chi connectivity index (χ1n) is 6.95. The van der Waals surface area contributed by atoms with Gasteiger partial charge >= 0.3 is 5.97 Å². The van der Waals surface area contributed by atoms with Crippen molar-refractivity contribution in [2.75, 3.05) is 13.7 Å². The van der Waals surface area contributed by atoms with Crippen molar-refractivity contribution in [3.05, 3.63) is 11.4 Å². The topological polar surface area (TPSA) is 83.0 Å². The van der Waals surface area contributed by atoms with Crippen molar-refractivity contribution in [2.24, 2.45) is 5.73 Å². The van der Waals surface area contributed by atoms with E-state index in [-0.39, 0.29) is 0 Å². The third kappa shape index (κ3) is 4.63. The van der Waals surface area contributed by atoms with Crippen molar-refractivity contribution >= 4 is 5.97 Å². The Bertz CT molecular complexity index is 390. The maximum Gasteiger partial charge on any atom is 0.360 e. The second kappa shape index (κ2) is 8.63. The van der Waals surface area contributed by atoms with E-state index < -0.39 is 5.97 Å². The van der Waals surface area contributed by atoms with Crippen LogP contribution in [-0.4, -0.2) is 34.6 Å². The fraction of sp³-hybridized carbons (Fsp3) is 0.769. The van der Waals surface area contributed by atoms with Crippen molar-refractivity contribution in [3.8, 4) is 0 Å². The van der Waals surface area contributed by atoms with Gasteiger partial charge in [-0.1, -0.05) is 37.8 Å². The van der Waals surface area contributed by atoms with E-state index in [1.165, 1.54) is 32.8 Å². The second-order valence-corrected chi connectivity index (χ2v) is 4.55. The molecule has 0 saturated heterocycles. The maximum absolute atomic E-state index is 11.6. The second-order valence-electron chi connectivity index (χ2n) is 4.55. The predicted molar refractivity (Wildman–Crippen MR) is 72.9 cm³/mol. The van der Waals surface area contributed by atoms with Gasteiger partial charge in [-0.15, -0.1) is 5.10 Å². The average molecular weight is 268 g/mol. The molecule has 0 fully saturated rings. The van der Waals surface area contributed by atoms with Crippen LogP contribution in [0.15, 0.2) is 0 Å². The molecular formula is C13H24N4O2. The Morgan fingerprint density at radius 2 is 2.05 bits per heavy atom. The molecule has 0 saturated carbocycles. The third-order valence-electron chi connectivity index (χ3n) is 3.07. The van der Waals surface area contributed by atoms with Crippen molar-refractivity contribution in [1.29, 1.82) is 0 Å². The average Bonchev–Trinajstić information content (AvgIpc) is 2.81. The van der Waals surface area contributed by atoms with E-state index in [1.54, 1.807) is 4.68 Å². The van der Waals surface area contributed by atoms with Gasteiger partial charge in [-0.3, -0.25) is 0 Å². The lowest BCUT2D eigenvalue weighted by atomic mass is 10.1. The van der Waals surface area contributed by atoms with Crippen LogP contribution in [0.2, 0.25) is 0 Å². The van der Waals surface area contributed by atoms with Crippen LogP contribution in [0.5, 0.6) is 0 Å². The maximum atomic E-state index is 11.6. The monoisotopic (exact) mass is 268 g/mol. The highest BCUT2D eigenvalue weighted by molar-refractivity contribution is 5.88.